The third-order valence-corrected chi connectivity index (χ3v) is 4.34. The SMILES string of the molecule is CNCc1ccc(N(C)C2CCCCC2C)c(F)c1. The third kappa shape index (κ3) is 3.27. The molecule has 2 atom stereocenters. The molecule has 0 saturated heterocycles. The van der Waals surface area contributed by atoms with Crippen LogP contribution in [0.2, 0.25) is 0 Å². The zero-order valence-corrected chi connectivity index (χ0v) is 12.2. The van der Waals surface area contributed by atoms with Crippen molar-refractivity contribution in [3.8, 4) is 0 Å². The molecule has 2 unspecified atom stereocenters. The lowest BCUT2D eigenvalue weighted by Crippen LogP contribution is -2.39. The standard InChI is InChI=1S/C16H25FN2/c1-12-6-4-5-7-15(12)19(3)16-9-8-13(11-18-2)10-14(16)17/h8-10,12,15,18H,4-7,11H2,1-3H3. The first-order valence-corrected chi connectivity index (χ1v) is 7.29. The summed E-state index contributed by atoms with van der Waals surface area (Å²) in [5.74, 6) is 0.545. The summed E-state index contributed by atoms with van der Waals surface area (Å²) in [6, 6.07) is 6.05. The van der Waals surface area contributed by atoms with Crippen LogP contribution in [-0.2, 0) is 6.54 Å². The van der Waals surface area contributed by atoms with E-state index < -0.39 is 0 Å². The Morgan fingerprint density at radius 1 is 1.32 bits per heavy atom. The van der Waals surface area contributed by atoms with Crippen LogP contribution in [0.4, 0.5) is 10.1 Å². The molecule has 1 aliphatic carbocycles. The zero-order valence-electron chi connectivity index (χ0n) is 12.2. The van der Waals surface area contributed by atoms with E-state index in [2.05, 4.69) is 17.1 Å². The molecule has 0 bridgehead atoms. The van der Waals surface area contributed by atoms with Gasteiger partial charge in [-0.1, -0.05) is 25.8 Å². The third-order valence-electron chi connectivity index (χ3n) is 4.34. The van der Waals surface area contributed by atoms with E-state index in [0.717, 1.165) is 11.3 Å². The van der Waals surface area contributed by atoms with Crippen LogP contribution in [0.3, 0.4) is 0 Å². The monoisotopic (exact) mass is 264 g/mol. The van der Waals surface area contributed by atoms with Crippen LogP contribution in [0.5, 0.6) is 0 Å². The maximum absolute atomic E-state index is 14.2. The van der Waals surface area contributed by atoms with Gasteiger partial charge in [-0.2, -0.15) is 0 Å². The van der Waals surface area contributed by atoms with Gasteiger partial charge in [0.25, 0.3) is 0 Å². The number of hydrogen-bond donors (Lipinski definition) is 1. The molecule has 0 heterocycles. The highest BCUT2D eigenvalue weighted by Crippen LogP contribution is 2.31. The van der Waals surface area contributed by atoms with Crippen molar-refractivity contribution in [3.63, 3.8) is 0 Å². The van der Waals surface area contributed by atoms with Crippen molar-refractivity contribution in [2.45, 2.75) is 45.2 Å². The van der Waals surface area contributed by atoms with Gasteiger partial charge in [-0.25, -0.2) is 4.39 Å². The summed E-state index contributed by atoms with van der Waals surface area (Å²) >= 11 is 0. The van der Waals surface area contributed by atoms with Crippen molar-refractivity contribution in [1.82, 2.24) is 5.32 Å². The van der Waals surface area contributed by atoms with E-state index in [-0.39, 0.29) is 5.82 Å². The van der Waals surface area contributed by atoms with Gasteiger partial charge in [0.15, 0.2) is 0 Å². The summed E-state index contributed by atoms with van der Waals surface area (Å²) in [6.07, 6.45) is 5.01. The Kier molecular flexibility index (Phi) is 4.81. The Morgan fingerprint density at radius 3 is 2.68 bits per heavy atom. The maximum Gasteiger partial charge on any atom is 0.146 e. The van der Waals surface area contributed by atoms with Gasteiger partial charge in [-0.15, -0.1) is 0 Å². The van der Waals surface area contributed by atoms with Crippen LogP contribution in [0.1, 0.15) is 38.2 Å². The molecule has 2 rings (SSSR count). The molecule has 1 aliphatic rings. The molecule has 0 spiro atoms. The zero-order chi connectivity index (χ0) is 13.8. The summed E-state index contributed by atoms with van der Waals surface area (Å²) in [5.41, 5.74) is 1.73. The average Bonchev–Trinajstić information content (AvgIpc) is 2.39. The summed E-state index contributed by atoms with van der Waals surface area (Å²) in [6.45, 7) is 2.99. The molecule has 106 valence electrons. The lowest BCUT2D eigenvalue weighted by atomic mass is 9.85. The first-order valence-electron chi connectivity index (χ1n) is 7.29. The normalized spacial score (nSPS) is 23.4. The van der Waals surface area contributed by atoms with Crippen LogP contribution in [0.25, 0.3) is 0 Å². The van der Waals surface area contributed by atoms with Gasteiger partial charge in [0.05, 0.1) is 5.69 Å². The highest BCUT2D eigenvalue weighted by molar-refractivity contribution is 5.49. The molecular formula is C16H25FN2. The predicted molar refractivity (Wildman–Crippen MR) is 79.0 cm³/mol. The van der Waals surface area contributed by atoms with E-state index in [1.165, 1.54) is 25.7 Å². The second kappa shape index (κ2) is 6.38. The Hall–Kier alpha value is -1.09. The van der Waals surface area contributed by atoms with Crippen molar-refractivity contribution in [2.75, 3.05) is 19.0 Å². The number of rotatable bonds is 4. The van der Waals surface area contributed by atoms with E-state index in [4.69, 9.17) is 0 Å². The minimum atomic E-state index is -0.104. The average molecular weight is 264 g/mol. The lowest BCUT2D eigenvalue weighted by Gasteiger charge is -2.37. The van der Waals surface area contributed by atoms with Crippen LogP contribution in [0, 0.1) is 11.7 Å². The van der Waals surface area contributed by atoms with Crippen LogP contribution < -0.4 is 10.2 Å². The molecule has 0 amide bonds. The van der Waals surface area contributed by atoms with Gasteiger partial charge in [0, 0.05) is 19.6 Å². The molecule has 0 aliphatic heterocycles. The molecular weight excluding hydrogens is 239 g/mol. The van der Waals surface area contributed by atoms with E-state index in [1.54, 1.807) is 6.07 Å². The second-order valence-corrected chi connectivity index (χ2v) is 5.76. The molecule has 3 heteroatoms. The quantitative estimate of drug-likeness (QED) is 0.894. The second-order valence-electron chi connectivity index (χ2n) is 5.76. The fraction of sp³-hybridized carbons (Fsp3) is 0.625. The Bertz CT molecular complexity index is 419. The first kappa shape index (κ1) is 14.3. The van der Waals surface area contributed by atoms with Gasteiger partial charge in [-0.3, -0.25) is 0 Å². The van der Waals surface area contributed by atoms with Crippen molar-refractivity contribution in [2.24, 2.45) is 5.92 Å². The molecule has 0 radical (unpaired) electrons. The number of halogens is 1. The fourth-order valence-corrected chi connectivity index (χ4v) is 3.20. The van der Waals surface area contributed by atoms with E-state index in [9.17, 15) is 4.39 Å². The van der Waals surface area contributed by atoms with Gasteiger partial charge in [-0.05, 0) is 43.5 Å². The number of benzene rings is 1. The number of nitrogens with one attached hydrogen (secondary N) is 1. The van der Waals surface area contributed by atoms with Crippen molar-refractivity contribution >= 4 is 5.69 Å². The molecule has 1 aromatic carbocycles. The largest absolute Gasteiger partial charge is 0.369 e. The Balaban J connectivity index is 2.16. The van der Waals surface area contributed by atoms with Gasteiger partial charge in [0.1, 0.15) is 5.82 Å². The highest BCUT2D eigenvalue weighted by atomic mass is 19.1. The minimum absolute atomic E-state index is 0.104. The topological polar surface area (TPSA) is 15.3 Å². The molecule has 1 fully saturated rings. The van der Waals surface area contributed by atoms with Crippen LogP contribution >= 0.6 is 0 Å². The number of nitrogens with zero attached hydrogens (tertiary/aromatic N) is 1. The summed E-state index contributed by atoms with van der Waals surface area (Å²) in [5, 5.41) is 3.05. The first-order chi connectivity index (χ1) is 9.13. The highest BCUT2D eigenvalue weighted by Gasteiger charge is 2.26. The minimum Gasteiger partial charge on any atom is -0.369 e. The van der Waals surface area contributed by atoms with Crippen LogP contribution in [0.15, 0.2) is 18.2 Å². The molecule has 19 heavy (non-hydrogen) atoms. The summed E-state index contributed by atoms with van der Waals surface area (Å²) in [4.78, 5) is 2.14. The maximum atomic E-state index is 14.2. The summed E-state index contributed by atoms with van der Waals surface area (Å²) in [7, 11) is 3.91. The van der Waals surface area contributed by atoms with E-state index in [1.807, 2.05) is 26.2 Å². The molecule has 1 saturated carbocycles. The number of hydrogen-bond acceptors (Lipinski definition) is 2. The summed E-state index contributed by atoms with van der Waals surface area (Å²) < 4.78 is 14.2. The van der Waals surface area contributed by atoms with Crippen molar-refractivity contribution < 1.29 is 4.39 Å². The van der Waals surface area contributed by atoms with Gasteiger partial charge >= 0.3 is 0 Å². The van der Waals surface area contributed by atoms with E-state index in [0.29, 0.717) is 18.5 Å². The Morgan fingerprint density at radius 2 is 2.05 bits per heavy atom. The smallest absolute Gasteiger partial charge is 0.146 e. The molecule has 1 aromatic rings. The Labute approximate surface area is 116 Å². The van der Waals surface area contributed by atoms with Gasteiger partial charge in [0.2, 0.25) is 0 Å². The van der Waals surface area contributed by atoms with Crippen molar-refractivity contribution in [3.05, 3.63) is 29.6 Å². The predicted octanol–water partition coefficient (Wildman–Crippen LogP) is 3.56. The molecule has 2 nitrogen and oxygen atoms in total. The van der Waals surface area contributed by atoms with Crippen LogP contribution in [-0.4, -0.2) is 20.1 Å². The fourth-order valence-electron chi connectivity index (χ4n) is 3.20. The molecule has 0 aromatic heterocycles. The lowest BCUT2D eigenvalue weighted by molar-refractivity contribution is 0.320. The molecule has 1 N–H and O–H groups in total. The van der Waals surface area contributed by atoms with Gasteiger partial charge < -0.3 is 10.2 Å². The number of anilines is 1. The van der Waals surface area contributed by atoms with Crippen molar-refractivity contribution in [1.29, 1.82) is 0 Å². The van der Waals surface area contributed by atoms with E-state index >= 15 is 0 Å².